The van der Waals surface area contributed by atoms with Gasteiger partial charge in [-0.05, 0) is 44.6 Å². The Balaban J connectivity index is 2.15. The molecule has 17 heavy (non-hydrogen) atoms. The minimum absolute atomic E-state index is 0.00854. The summed E-state index contributed by atoms with van der Waals surface area (Å²) in [5.74, 6) is 0. The van der Waals surface area contributed by atoms with Crippen LogP contribution in [-0.2, 0) is 6.42 Å². The Morgan fingerprint density at radius 3 is 2.59 bits per heavy atom. The highest BCUT2D eigenvalue weighted by atomic mass is 16.3. The molecule has 1 heterocycles. The highest BCUT2D eigenvalue weighted by molar-refractivity contribution is 5.10. The van der Waals surface area contributed by atoms with Crippen molar-refractivity contribution in [3.63, 3.8) is 0 Å². The molecule has 0 aliphatic heterocycles. The van der Waals surface area contributed by atoms with Gasteiger partial charge in [-0.1, -0.05) is 13.8 Å². The average molecular weight is 236 g/mol. The molecular formula is C14H24N2O. The summed E-state index contributed by atoms with van der Waals surface area (Å²) >= 11 is 0. The van der Waals surface area contributed by atoms with E-state index in [4.69, 9.17) is 0 Å². The normalized spacial score (nSPS) is 27.9. The largest absolute Gasteiger partial charge is 0.389 e. The average Bonchev–Trinajstić information content (AvgIpc) is 2.74. The Morgan fingerprint density at radius 1 is 1.41 bits per heavy atom. The van der Waals surface area contributed by atoms with Gasteiger partial charge in [-0.25, -0.2) is 0 Å². The quantitative estimate of drug-likeness (QED) is 0.876. The molecule has 0 bridgehead atoms. The molecule has 0 spiro atoms. The summed E-state index contributed by atoms with van der Waals surface area (Å²) in [4.78, 5) is 0. The Bertz CT molecular complexity index is 395. The van der Waals surface area contributed by atoms with Gasteiger partial charge in [0.15, 0.2) is 0 Å². The fourth-order valence-corrected chi connectivity index (χ4v) is 2.78. The first-order valence-electron chi connectivity index (χ1n) is 6.60. The van der Waals surface area contributed by atoms with Crippen molar-refractivity contribution in [1.29, 1.82) is 0 Å². The van der Waals surface area contributed by atoms with E-state index >= 15 is 0 Å². The summed E-state index contributed by atoms with van der Waals surface area (Å²) in [7, 11) is 0. The third kappa shape index (κ3) is 2.25. The molecule has 1 unspecified atom stereocenters. The third-order valence-electron chi connectivity index (χ3n) is 4.32. The van der Waals surface area contributed by atoms with Crippen molar-refractivity contribution in [2.75, 3.05) is 0 Å². The van der Waals surface area contributed by atoms with Crippen LogP contribution in [0.15, 0.2) is 12.3 Å². The van der Waals surface area contributed by atoms with Gasteiger partial charge in [0, 0.05) is 18.7 Å². The van der Waals surface area contributed by atoms with E-state index in [1.54, 1.807) is 0 Å². The number of nitrogens with zero attached hydrogens (tertiary/aromatic N) is 2. The fourth-order valence-electron chi connectivity index (χ4n) is 2.78. The number of aromatic nitrogens is 2. The standard InChI is InChI=1S/C14H24N2O/c1-11(2)16-9-6-12(15-16)10-14(17)8-5-7-13(14,3)4/h6,9,11,17H,5,7-8,10H2,1-4H3. The second kappa shape index (κ2) is 4.13. The van der Waals surface area contributed by atoms with Crippen LogP contribution in [0.2, 0.25) is 0 Å². The predicted octanol–water partition coefficient (Wildman–Crippen LogP) is 2.95. The Kier molecular flexibility index (Phi) is 3.06. The van der Waals surface area contributed by atoms with Gasteiger partial charge in [0.05, 0.1) is 11.3 Å². The molecule has 1 fully saturated rings. The molecule has 1 saturated carbocycles. The lowest BCUT2D eigenvalue weighted by atomic mass is 9.75. The third-order valence-corrected chi connectivity index (χ3v) is 4.32. The van der Waals surface area contributed by atoms with Crippen LogP contribution in [0.25, 0.3) is 0 Å². The lowest BCUT2D eigenvalue weighted by Crippen LogP contribution is -2.42. The van der Waals surface area contributed by atoms with E-state index in [1.165, 1.54) is 0 Å². The van der Waals surface area contributed by atoms with Gasteiger partial charge in [-0.3, -0.25) is 4.68 Å². The SMILES string of the molecule is CC(C)n1ccc(CC2(O)CCCC2(C)C)n1. The number of hydrogen-bond acceptors (Lipinski definition) is 2. The molecule has 0 saturated heterocycles. The number of aliphatic hydroxyl groups is 1. The minimum atomic E-state index is -0.580. The van der Waals surface area contributed by atoms with Crippen LogP contribution in [0.3, 0.4) is 0 Å². The van der Waals surface area contributed by atoms with Crippen LogP contribution in [0.1, 0.15) is 58.7 Å². The van der Waals surface area contributed by atoms with Crippen LogP contribution < -0.4 is 0 Å². The number of hydrogen-bond donors (Lipinski definition) is 1. The Morgan fingerprint density at radius 2 is 2.12 bits per heavy atom. The molecule has 1 aromatic rings. The van der Waals surface area contributed by atoms with Crippen LogP contribution in [0, 0.1) is 5.41 Å². The van der Waals surface area contributed by atoms with E-state index in [1.807, 2.05) is 16.9 Å². The van der Waals surface area contributed by atoms with Gasteiger partial charge in [0.2, 0.25) is 0 Å². The summed E-state index contributed by atoms with van der Waals surface area (Å²) < 4.78 is 1.96. The molecule has 1 aromatic heterocycles. The summed E-state index contributed by atoms with van der Waals surface area (Å²) in [6.07, 6.45) is 5.81. The molecule has 0 aromatic carbocycles. The zero-order valence-electron chi connectivity index (χ0n) is 11.4. The highest BCUT2D eigenvalue weighted by Gasteiger charge is 2.47. The van der Waals surface area contributed by atoms with Crippen molar-refractivity contribution in [3.05, 3.63) is 18.0 Å². The molecule has 0 radical (unpaired) electrons. The van der Waals surface area contributed by atoms with E-state index in [-0.39, 0.29) is 5.41 Å². The zero-order chi connectivity index (χ0) is 12.7. The topological polar surface area (TPSA) is 38.0 Å². The molecule has 0 amide bonds. The Labute approximate surface area is 104 Å². The van der Waals surface area contributed by atoms with Crippen molar-refractivity contribution in [2.24, 2.45) is 5.41 Å². The van der Waals surface area contributed by atoms with E-state index in [0.29, 0.717) is 12.5 Å². The van der Waals surface area contributed by atoms with Gasteiger partial charge in [0.25, 0.3) is 0 Å². The lowest BCUT2D eigenvalue weighted by Gasteiger charge is -2.36. The van der Waals surface area contributed by atoms with E-state index < -0.39 is 5.60 Å². The highest BCUT2D eigenvalue weighted by Crippen LogP contribution is 2.47. The second-order valence-corrected chi connectivity index (χ2v) is 6.33. The second-order valence-electron chi connectivity index (χ2n) is 6.33. The summed E-state index contributed by atoms with van der Waals surface area (Å²) in [5.41, 5.74) is 0.439. The monoisotopic (exact) mass is 236 g/mol. The first-order chi connectivity index (χ1) is 7.84. The lowest BCUT2D eigenvalue weighted by molar-refractivity contribution is -0.0427. The van der Waals surface area contributed by atoms with Gasteiger partial charge in [0.1, 0.15) is 0 Å². The van der Waals surface area contributed by atoms with Gasteiger partial charge >= 0.3 is 0 Å². The zero-order valence-corrected chi connectivity index (χ0v) is 11.4. The summed E-state index contributed by atoms with van der Waals surface area (Å²) in [5, 5.41) is 15.3. The number of rotatable bonds is 3. The van der Waals surface area contributed by atoms with Crippen molar-refractivity contribution >= 4 is 0 Å². The van der Waals surface area contributed by atoms with Gasteiger partial charge in [-0.2, -0.15) is 5.10 Å². The van der Waals surface area contributed by atoms with Crippen molar-refractivity contribution in [3.8, 4) is 0 Å². The van der Waals surface area contributed by atoms with E-state index in [0.717, 1.165) is 25.0 Å². The molecule has 1 aliphatic rings. The van der Waals surface area contributed by atoms with E-state index in [9.17, 15) is 5.11 Å². The van der Waals surface area contributed by atoms with E-state index in [2.05, 4.69) is 32.8 Å². The molecule has 3 nitrogen and oxygen atoms in total. The predicted molar refractivity (Wildman–Crippen MR) is 68.9 cm³/mol. The summed E-state index contributed by atoms with van der Waals surface area (Å²) in [6.45, 7) is 8.56. The fraction of sp³-hybridized carbons (Fsp3) is 0.786. The maximum absolute atomic E-state index is 10.8. The summed E-state index contributed by atoms with van der Waals surface area (Å²) in [6, 6.07) is 2.42. The minimum Gasteiger partial charge on any atom is -0.389 e. The molecule has 1 aliphatic carbocycles. The van der Waals surface area contributed by atoms with Crippen molar-refractivity contribution in [1.82, 2.24) is 9.78 Å². The maximum atomic E-state index is 10.8. The maximum Gasteiger partial charge on any atom is 0.0754 e. The molecule has 2 rings (SSSR count). The Hall–Kier alpha value is -0.830. The van der Waals surface area contributed by atoms with Crippen LogP contribution in [-0.4, -0.2) is 20.5 Å². The van der Waals surface area contributed by atoms with Crippen LogP contribution in [0.5, 0.6) is 0 Å². The van der Waals surface area contributed by atoms with Gasteiger partial charge in [-0.15, -0.1) is 0 Å². The van der Waals surface area contributed by atoms with Crippen molar-refractivity contribution < 1.29 is 5.11 Å². The molecule has 96 valence electrons. The first kappa shape index (κ1) is 12.6. The molecule has 1 N–H and O–H groups in total. The van der Waals surface area contributed by atoms with Crippen LogP contribution in [0.4, 0.5) is 0 Å². The molecule has 3 heteroatoms. The van der Waals surface area contributed by atoms with Gasteiger partial charge < -0.3 is 5.11 Å². The molecule has 1 atom stereocenters. The first-order valence-corrected chi connectivity index (χ1v) is 6.60. The molecular weight excluding hydrogens is 212 g/mol. The van der Waals surface area contributed by atoms with Crippen LogP contribution >= 0.6 is 0 Å². The van der Waals surface area contributed by atoms with Crippen molar-refractivity contribution in [2.45, 2.75) is 65.0 Å². The smallest absolute Gasteiger partial charge is 0.0754 e.